The van der Waals surface area contributed by atoms with Gasteiger partial charge in [0.25, 0.3) is 0 Å². The van der Waals surface area contributed by atoms with Gasteiger partial charge in [-0.25, -0.2) is 0 Å². The second kappa shape index (κ2) is 6.41. The summed E-state index contributed by atoms with van der Waals surface area (Å²) in [6.07, 6.45) is 0.439. The number of anilines is 1. The van der Waals surface area contributed by atoms with Gasteiger partial charge in [-0.15, -0.1) is 0 Å². The van der Waals surface area contributed by atoms with E-state index in [1.165, 1.54) is 5.56 Å². The fourth-order valence-corrected chi connectivity index (χ4v) is 1.99. The van der Waals surface area contributed by atoms with E-state index in [9.17, 15) is 0 Å². The number of rotatable bonds is 4. The van der Waals surface area contributed by atoms with E-state index in [2.05, 4.69) is 17.5 Å². The lowest BCUT2D eigenvalue weighted by atomic mass is 10.1. The Morgan fingerprint density at radius 2 is 1.80 bits per heavy atom. The fourth-order valence-electron chi connectivity index (χ4n) is 1.99. The van der Waals surface area contributed by atoms with E-state index in [0.717, 1.165) is 23.4 Å². The lowest BCUT2D eigenvalue weighted by Crippen LogP contribution is -2.01. The number of nitrogens with one attached hydrogen (secondary N) is 1. The molecular formula is C17H15N3. The SMILES string of the molecule is Cc1cc(C#N)ccc1CNc1ccc(CC#N)cc1. The first-order valence-corrected chi connectivity index (χ1v) is 6.42. The van der Waals surface area contributed by atoms with Crippen molar-refractivity contribution in [3.63, 3.8) is 0 Å². The summed E-state index contributed by atoms with van der Waals surface area (Å²) in [6.45, 7) is 2.73. The molecule has 0 bridgehead atoms. The molecule has 1 N–H and O–H groups in total. The van der Waals surface area contributed by atoms with E-state index in [1.807, 2.05) is 49.4 Å². The minimum Gasteiger partial charge on any atom is -0.381 e. The Bertz CT molecular complexity index is 673. The summed E-state index contributed by atoms with van der Waals surface area (Å²) in [5.74, 6) is 0. The van der Waals surface area contributed by atoms with Crippen molar-refractivity contribution >= 4 is 5.69 Å². The van der Waals surface area contributed by atoms with Gasteiger partial charge in [0.05, 0.1) is 24.1 Å². The van der Waals surface area contributed by atoms with Gasteiger partial charge in [0.15, 0.2) is 0 Å². The van der Waals surface area contributed by atoms with Crippen LogP contribution in [0.2, 0.25) is 0 Å². The quantitative estimate of drug-likeness (QED) is 0.915. The molecule has 0 aliphatic rings. The number of hydrogen-bond acceptors (Lipinski definition) is 3. The monoisotopic (exact) mass is 261 g/mol. The molecule has 0 unspecified atom stereocenters. The predicted octanol–water partition coefficient (Wildman–Crippen LogP) is 3.54. The molecule has 0 aromatic heterocycles. The Labute approximate surface area is 119 Å². The molecule has 0 atom stereocenters. The molecule has 0 fully saturated rings. The third-order valence-corrected chi connectivity index (χ3v) is 3.19. The second-order valence-corrected chi connectivity index (χ2v) is 4.64. The van der Waals surface area contributed by atoms with E-state index in [0.29, 0.717) is 12.0 Å². The van der Waals surface area contributed by atoms with Crippen molar-refractivity contribution in [3.8, 4) is 12.1 Å². The number of hydrogen-bond donors (Lipinski definition) is 1. The lowest BCUT2D eigenvalue weighted by Gasteiger charge is -2.09. The zero-order valence-corrected chi connectivity index (χ0v) is 11.4. The molecule has 0 saturated heterocycles. The van der Waals surface area contributed by atoms with Crippen LogP contribution in [0.1, 0.15) is 22.3 Å². The molecule has 20 heavy (non-hydrogen) atoms. The predicted molar refractivity (Wildman–Crippen MR) is 79.0 cm³/mol. The smallest absolute Gasteiger partial charge is 0.0991 e. The van der Waals surface area contributed by atoms with Crippen molar-refractivity contribution in [1.82, 2.24) is 0 Å². The first-order valence-electron chi connectivity index (χ1n) is 6.42. The van der Waals surface area contributed by atoms with Crippen LogP contribution in [0.25, 0.3) is 0 Å². The molecular weight excluding hydrogens is 246 g/mol. The number of aryl methyl sites for hydroxylation is 1. The van der Waals surface area contributed by atoms with E-state index >= 15 is 0 Å². The van der Waals surface area contributed by atoms with Gasteiger partial charge in [-0.2, -0.15) is 10.5 Å². The van der Waals surface area contributed by atoms with Crippen molar-refractivity contribution in [3.05, 3.63) is 64.7 Å². The van der Waals surface area contributed by atoms with Crippen LogP contribution in [-0.4, -0.2) is 0 Å². The largest absolute Gasteiger partial charge is 0.381 e. The van der Waals surface area contributed by atoms with Crippen LogP contribution in [0.4, 0.5) is 5.69 Å². The first-order chi connectivity index (χ1) is 9.72. The molecule has 2 rings (SSSR count). The standard InChI is InChI=1S/C17H15N3/c1-13-10-15(11-19)2-5-16(13)12-20-17-6-3-14(4-7-17)8-9-18/h2-7,10,20H,8,12H2,1H3. The van der Waals surface area contributed by atoms with Gasteiger partial charge in [0.1, 0.15) is 0 Å². The van der Waals surface area contributed by atoms with Crippen LogP contribution in [0.15, 0.2) is 42.5 Å². The maximum Gasteiger partial charge on any atom is 0.0991 e. The molecule has 0 aliphatic heterocycles. The molecule has 0 heterocycles. The highest BCUT2D eigenvalue weighted by Crippen LogP contribution is 2.15. The molecule has 0 spiro atoms. The first kappa shape index (κ1) is 13.6. The Kier molecular flexibility index (Phi) is 4.37. The Morgan fingerprint density at radius 3 is 2.40 bits per heavy atom. The number of benzene rings is 2. The molecule has 2 aromatic carbocycles. The zero-order chi connectivity index (χ0) is 14.4. The summed E-state index contributed by atoms with van der Waals surface area (Å²) in [5.41, 5.74) is 5.01. The van der Waals surface area contributed by atoms with Crippen LogP contribution in [0.5, 0.6) is 0 Å². The fraction of sp³-hybridized carbons (Fsp3) is 0.176. The zero-order valence-electron chi connectivity index (χ0n) is 11.4. The maximum absolute atomic E-state index is 8.84. The molecule has 0 amide bonds. The number of nitriles is 2. The molecule has 3 heteroatoms. The third-order valence-electron chi connectivity index (χ3n) is 3.19. The second-order valence-electron chi connectivity index (χ2n) is 4.64. The van der Waals surface area contributed by atoms with Gasteiger partial charge in [0.2, 0.25) is 0 Å². The lowest BCUT2D eigenvalue weighted by molar-refractivity contribution is 1.11. The van der Waals surface area contributed by atoms with Crippen molar-refractivity contribution in [2.45, 2.75) is 19.9 Å². The van der Waals surface area contributed by atoms with E-state index < -0.39 is 0 Å². The minimum atomic E-state index is 0.439. The Hall–Kier alpha value is -2.78. The van der Waals surface area contributed by atoms with E-state index in [-0.39, 0.29) is 0 Å². The summed E-state index contributed by atoms with van der Waals surface area (Å²) >= 11 is 0. The van der Waals surface area contributed by atoms with Crippen molar-refractivity contribution < 1.29 is 0 Å². The van der Waals surface area contributed by atoms with Crippen molar-refractivity contribution in [2.24, 2.45) is 0 Å². The molecule has 3 nitrogen and oxygen atoms in total. The average molecular weight is 261 g/mol. The summed E-state index contributed by atoms with van der Waals surface area (Å²) < 4.78 is 0. The normalized spacial score (nSPS) is 9.55. The summed E-state index contributed by atoms with van der Waals surface area (Å²) in [4.78, 5) is 0. The topological polar surface area (TPSA) is 59.6 Å². The highest BCUT2D eigenvalue weighted by molar-refractivity contribution is 5.46. The van der Waals surface area contributed by atoms with Crippen LogP contribution < -0.4 is 5.32 Å². The highest BCUT2D eigenvalue weighted by atomic mass is 14.9. The minimum absolute atomic E-state index is 0.439. The van der Waals surface area contributed by atoms with Crippen LogP contribution in [-0.2, 0) is 13.0 Å². The Morgan fingerprint density at radius 1 is 1.05 bits per heavy atom. The van der Waals surface area contributed by atoms with Gasteiger partial charge < -0.3 is 5.32 Å². The van der Waals surface area contributed by atoms with Crippen LogP contribution in [0.3, 0.4) is 0 Å². The van der Waals surface area contributed by atoms with E-state index in [4.69, 9.17) is 10.5 Å². The van der Waals surface area contributed by atoms with Gasteiger partial charge in [-0.05, 0) is 47.9 Å². The Balaban J connectivity index is 2.02. The van der Waals surface area contributed by atoms with Gasteiger partial charge in [-0.1, -0.05) is 18.2 Å². The molecule has 2 aromatic rings. The van der Waals surface area contributed by atoms with Gasteiger partial charge >= 0.3 is 0 Å². The highest BCUT2D eigenvalue weighted by Gasteiger charge is 2.00. The molecule has 0 radical (unpaired) electrons. The maximum atomic E-state index is 8.84. The summed E-state index contributed by atoms with van der Waals surface area (Å²) in [6, 6.07) is 17.8. The van der Waals surface area contributed by atoms with Crippen LogP contribution in [0, 0.1) is 29.6 Å². The number of nitrogens with zero attached hydrogens (tertiary/aromatic N) is 2. The van der Waals surface area contributed by atoms with Crippen LogP contribution >= 0.6 is 0 Å². The molecule has 0 aliphatic carbocycles. The average Bonchev–Trinajstić information content (AvgIpc) is 2.48. The van der Waals surface area contributed by atoms with Gasteiger partial charge in [0, 0.05) is 12.2 Å². The van der Waals surface area contributed by atoms with Crippen molar-refractivity contribution in [1.29, 1.82) is 10.5 Å². The molecule has 98 valence electrons. The van der Waals surface area contributed by atoms with Gasteiger partial charge in [-0.3, -0.25) is 0 Å². The van der Waals surface area contributed by atoms with Crippen molar-refractivity contribution in [2.75, 3.05) is 5.32 Å². The van der Waals surface area contributed by atoms with E-state index in [1.54, 1.807) is 0 Å². The molecule has 0 saturated carbocycles. The third kappa shape index (κ3) is 3.37. The summed E-state index contributed by atoms with van der Waals surface area (Å²) in [7, 11) is 0. The summed E-state index contributed by atoms with van der Waals surface area (Å²) in [5, 5.41) is 20.8.